The number of carboxylic acids is 1. The predicted octanol–water partition coefficient (Wildman–Crippen LogP) is 1.44. The van der Waals surface area contributed by atoms with Crippen molar-refractivity contribution in [1.29, 1.82) is 0 Å². The topological polar surface area (TPSA) is 173 Å². The molecule has 4 aromatic rings. The number of benzene rings is 2. The van der Waals surface area contributed by atoms with Crippen LogP contribution in [0.4, 0.5) is 0 Å². The van der Waals surface area contributed by atoms with E-state index in [4.69, 9.17) is 10.8 Å². The van der Waals surface area contributed by atoms with Gasteiger partial charge in [-0.15, -0.1) is 0 Å². The summed E-state index contributed by atoms with van der Waals surface area (Å²) < 4.78 is 0. The second kappa shape index (κ2) is 11.6. The number of carbonyl (C=O) groups is 4. The highest BCUT2D eigenvalue weighted by Gasteiger charge is 2.38. The SMILES string of the molecule is NC(Cc1c[nH]c2ccccc12)C(=O)N1CCCC1C(=O)NC(Cc1c[nH]c2ccccc12)C(=O)NCC(=O)O. The van der Waals surface area contributed by atoms with Crippen molar-refractivity contribution in [3.8, 4) is 0 Å². The van der Waals surface area contributed by atoms with E-state index >= 15 is 0 Å². The van der Waals surface area contributed by atoms with Crippen molar-refractivity contribution >= 4 is 45.5 Å². The highest BCUT2D eigenvalue weighted by molar-refractivity contribution is 5.95. The Bertz CT molecular complexity index is 1560. The van der Waals surface area contributed by atoms with Gasteiger partial charge in [0.05, 0.1) is 6.04 Å². The van der Waals surface area contributed by atoms with Crippen molar-refractivity contribution in [3.05, 3.63) is 72.1 Å². The quantitative estimate of drug-likeness (QED) is 0.176. The van der Waals surface area contributed by atoms with Crippen LogP contribution in [0.25, 0.3) is 21.8 Å². The lowest BCUT2D eigenvalue weighted by molar-refractivity contribution is -0.141. The summed E-state index contributed by atoms with van der Waals surface area (Å²) in [6.07, 6.45) is 5.13. The summed E-state index contributed by atoms with van der Waals surface area (Å²) in [7, 11) is 0. The average Bonchev–Trinajstić information content (AvgIpc) is 3.70. The number of amides is 3. The number of nitrogens with two attached hydrogens (primary N) is 1. The summed E-state index contributed by atoms with van der Waals surface area (Å²) >= 11 is 0. The number of rotatable bonds is 10. The molecule has 2 aromatic heterocycles. The molecule has 3 atom stereocenters. The summed E-state index contributed by atoms with van der Waals surface area (Å²) in [6, 6.07) is 12.7. The lowest BCUT2D eigenvalue weighted by atomic mass is 10.0. The number of likely N-dealkylation sites (tertiary alicyclic amines) is 1. The zero-order valence-corrected chi connectivity index (χ0v) is 21.9. The Kier molecular flexibility index (Phi) is 7.83. The lowest BCUT2D eigenvalue weighted by Crippen LogP contribution is -2.56. The summed E-state index contributed by atoms with van der Waals surface area (Å²) in [4.78, 5) is 58.7. The van der Waals surface area contributed by atoms with E-state index < -0.39 is 42.5 Å². The Morgan fingerprint density at radius 3 is 2.17 bits per heavy atom. The minimum atomic E-state index is -1.19. The maximum absolute atomic E-state index is 13.5. The van der Waals surface area contributed by atoms with Gasteiger partial charge in [0.2, 0.25) is 17.7 Å². The van der Waals surface area contributed by atoms with Gasteiger partial charge in [0.1, 0.15) is 18.6 Å². The van der Waals surface area contributed by atoms with Crippen LogP contribution in [0.2, 0.25) is 0 Å². The third-order valence-electron chi connectivity index (χ3n) is 7.42. The number of fused-ring (bicyclic) bond motifs is 2. The molecule has 0 bridgehead atoms. The van der Waals surface area contributed by atoms with Gasteiger partial charge in [-0.2, -0.15) is 0 Å². The standard InChI is InChI=1S/C29H32N6O5/c30-21(12-17-14-31-22-8-3-1-6-19(17)22)29(40)35-11-5-10-25(35)28(39)34-24(27(38)33-16-26(36)37)13-18-15-32-23-9-4-2-7-20(18)23/h1-4,6-9,14-15,21,24-25,31-32H,5,10-13,16,30H2,(H,33,38)(H,34,39)(H,36,37). The average molecular weight is 545 g/mol. The van der Waals surface area contributed by atoms with E-state index in [0.29, 0.717) is 25.8 Å². The van der Waals surface area contributed by atoms with Crippen LogP contribution < -0.4 is 16.4 Å². The molecule has 5 rings (SSSR count). The molecule has 40 heavy (non-hydrogen) atoms. The van der Waals surface area contributed by atoms with Gasteiger partial charge >= 0.3 is 5.97 Å². The number of aromatic amines is 2. The zero-order chi connectivity index (χ0) is 28.2. The molecule has 0 radical (unpaired) electrons. The molecular weight excluding hydrogens is 512 g/mol. The molecule has 1 saturated heterocycles. The first kappa shape index (κ1) is 26.9. The molecule has 1 fully saturated rings. The maximum atomic E-state index is 13.5. The Morgan fingerprint density at radius 1 is 0.950 bits per heavy atom. The van der Waals surface area contributed by atoms with Crippen molar-refractivity contribution in [2.75, 3.05) is 13.1 Å². The van der Waals surface area contributed by atoms with Gasteiger partial charge in [-0.05, 0) is 42.5 Å². The summed E-state index contributed by atoms with van der Waals surface area (Å²) in [6.45, 7) is -0.188. The van der Waals surface area contributed by atoms with E-state index in [0.717, 1.165) is 32.9 Å². The van der Waals surface area contributed by atoms with Gasteiger partial charge in [0.25, 0.3) is 0 Å². The third-order valence-corrected chi connectivity index (χ3v) is 7.42. The Hall–Kier alpha value is -4.64. The Balaban J connectivity index is 1.29. The number of carboxylic acid groups (broad SMARTS) is 1. The number of hydrogen-bond donors (Lipinski definition) is 6. The largest absolute Gasteiger partial charge is 0.480 e. The minimum absolute atomic E-state index is 0.141. The lowest BCUT2D eigenvalue weighted by Gasteiger charge is -2.28. The first-order valence-corrected chi connectivity index (χ1v) is 13.3. The summed E-state index contributed by atoms with van der Waals surface area (Å²) in [5, 5.41) is 16.1. The molecule has 1 aliphatic heterocycles. The molecular formula is C29H32N6O5. The second-order valence-electron chi connectivity index (χ2n) is 10.1. The van der Waals surface area contributed by atoms with E-state index in [1.807, 2.05) is 54.7 Å². The van der Waals surface area contributed by atoms with E-state index in [-0.39, 0.29) is 12.3 Å². The molecule has 0 saturated carbocycles. The number of aromatic nitrogens is 2. The Morgan fingerprint density at radius 2 is 1.55 bits per heavy atom. The Labute approximate surface area is 230 Å². The fourth-order valence-corrected chi connectivity index (χ4v) is 5.42. The van der Waals surface area contributed by atoms with Crippen LogP contribution >= 0.6 is 0 Å². The van der Waals surface area contributed by atoms with Crippen LogP contribution in [0.1, 0.15) is 24.0 Å². The molecule has 0 spiro atoms. The highest BCUT2D eigenvalue weighted by atomic mass is 16.4. The van der Waals surface area contributed by atoms with Crippen LogP contribution in [0.5, 0.6) is 0 Å². The number of nitrogens with one attached hydrogen (secondary N) is 4. The molecule has 1 aliphatic rings. The van der Waals surface area contributed by atoms with Crippen LogP contribution in [0.15, 0.2) is 60.9 Å². The molecule has 3 heterocycles. The van der Waals surface area contributed by atoms with E-state index in [9.17, 15) is 19.2 Å². The molecule has 7 N–H and O–H groups in total. The van der Waals surface area contributed by atoms with Gasteiger partial charge in [0.15, 0.2) is 0 Å². The van der Waals surface area contributed by atoms with Gasteiger partial charge in [-0.25, -0.2) is 0 Å². The number of nitrogens with zero attached hydrogens (tertiary/aromatic N) is 1. The molecule has 3 unspecified atom stereocenters. The number of aliphatic carboxylic acids is 1. The number of carbonyl (C=O) groups excluding carboxylic acids is 3. The highest BCUT2D eigenvalue weighted by Crippen LogP contribution is 2.23. The van der Waals surface area contributed by atoms with Crippen LogP contribution in [0, 0.1) is 0 Å². The van der Waals surface area contributed by atoms with Crippen molar-refractivity contribution in [2.24, 2.45) is 5.73 Å². The van der Waals surface area contributed by atoms with Gasteiger partial charge in [0, 0.05) is 47.2 Å². The molecule has 11 nitrogen and oxygen atoms in total. The van der Waals surface area contributed by atoms with Crippen molar-refractivity contribution in [3.63, 3.8) is 0 Å². The van der Waals surface area contributed by atoms with E-state index in [2.05, 4.69) is 20.6 Å². The molecule has 0 aliphatic carbocycles. The van der Waals surface area contributed by atoms with Crippen LogP contribution in [0.3, 0.4) is 0 Å². The number of H-pyrrole nitrogens is 2. The number of para-hydroxylation sites is 2. The van der Waals surface area contributed by atoms with Crippen molar-refractivity contribution < 1.29 is 24.3 Å². The molecule has 2 aromatic carbocycles. The smallest absolute Gasteiger partial charge is 0.322 e. The molecule has 3 amide bonds. The number of hydrogen-bond acceptors (Lipinski definition) is 5. The van der Waals surface area contributed by atoms with Crippen molar-refractivity contribution in [1.82, 2.24) is 25.5 Å². The normalized spacial score (nSPS) is 16.6. The van der Waals surface area contributed by atoms with Crippen LogP contribution in [-0.4, -0.2) is 74.9 Å². The molecule has 208 valence electrons. The summed E-state index contributed by atoms with van der Waals surface area (Å²) in [5.41, 5.74) is 9.90. The van der Waals surface area contributed by atoms with E-state index in [1.54, 1.807) is 6.20 Å². The van der Waals surface area contributed by atoms with Gasteiger partial charge in [-0.3, -0.25) is 19.2 Å². The minimum Gasteiger partial charge on any atom is -0.480 e. The first-order chi connectivity index (χ1) is 19.3. The fraction of sp³-hybridized carbons (Fsp3) is 0.310. The summed E-state index contributed by atoms with van der Waals surface area (Å²) in [5.74, 6) is -2.61. The molecule has 11 heteroatoms. The van der Waals surface area contributed by atoms with Crippen molar-refractivity contribution in [2.45, 2.75) is 43.8 Å². The van der Waals surface area contributed by atoms with Crippen LogP contribution in [-0.2, 0) is 32.0 Å². The fourth-order valence-electron chi connectivity index (χ4n) is 5.42. The predicted molar refractivity (Wildman–Crippen MR) is 149 cm³/mol. The zero-order valence-electron chi connectivity index (χ0n) is 21.9. The monoisotopic (exact) mass is 544 g/mol. The third kappa shape index (κ3) is 5.69. The van der Waals surface area contributed by atoms with Gasteiger partial charge in [-0.1, -0.05) is 36.4 Å². The first-order valence-electron chi connectivity index (χ1n) is 13.3. The maximum Gasteiger partial charge on any atom is 0.322 e. The second-order valence-corrected chi connectivity index (χ2v) is 10.1. The van der Waals surface area contributed by atoms with Gasteiger partial charge < -0.3 is 36.3 Å². The van der Waals surface area contributed by atoms with E-state index in [1.165, 1.54) is 4.90 Å².